The Morgan fingerprint density at radius 3 is 2.00 bits per heavy atom. The topological polar surface area (TPSA) is 70.8 Å². The summed E-state index contributed by atoms with van der Waals surface area (Å²) in [5.41, 5.74) is 8.68. The van der Waals surface area contributed by atoms with Gasteiger partial charge in [0, 0.05) is 16.8 Å². The highest BCUT2D eigenvalue weighted by molar-refractivity contribution is 6.70. The van der Waals surface area contributed by atoms with Gasteiger partial charge in [0.2, 0.25) is 5.78 Å². The van der Waals surface area contributed by atoms with Gasteiger partial charge in [-0.25, -0.2) is 0 Å². The van der Waals surface area contributed by atoms with Gasteiger partial charge in [-0.1, -0.05) is 61.9 Å². The molecule has 1 aliphatic rings. The van der Waals surface area contributed by atoms with Gasteiger partial charge in [0.05, 0.1) is 5.70 Å². The van der Waals surface area contributed by atoms with Crippen LogP contribution in [0.1, 0.15) is 52.7 Å². The fraction of sp³-hybridized carbons (Fsp3) is 0.423. The standard InChI is InChI=1S/C26H36B3NO4/c1-17(2)32-28-26(21-15-11-9-13-19(21)20-14-10-12-16-22(20)26)29(8)34-25(6,7)27-33-24(4,5)23(31)18(3)30/h9-17,27-28H,3,30H2,1-2,4-8H3. The molecule has 0 heterocycles. The average Bonchev–Trinajstić information content (AvgIpc) is 3.06. The molecule has 8 heteroatoms. The van der Waals surface area contributed by atoms with Crippen LogP contribution in [-0.2, 0) is 24.0 Å². The van der Waals surface area contributed by atoms with Crippen molar-refractivity contribution in [1.29, 1.82) is 0 Å². The van der Waals surface area contributed by atoms with E-state index in [1.54, 1.807) is 13.8 Å². The quantitative estimate of drug-likeness (QED) is 0.409. The molecular weight excluding hydrogens is 423 g/mol. The fourth-order valence-electron chi connectivity index (χ4n) is 4.79. The van der Waals surface area contributed by atoms with Crippen LogP contribution in [0.2, 0.25) is 6.82 Å². The highest BCUT2D eigenvalue weighted by Gasteiger charge is 2.53. The third-order valence-corrected chi connectivity index (χ3v) is 6.56. The zero-order valence-corrected chi connectivity index (χ0v) is 21.6. The van der Waals surface area contributed by atoms with Crippen LogP contribution in [0, 0.1) is 0 Å². The lowest BCUT2D eigenvalue weighted by Gasteiger charge is -2.40. The summed E-state index contributed by atoms with van der Waals surface area (Å²) in [5, 5.41) is -0.481. The van der Waals surface area contributed by atoms with E-state index in [2.05, 4.69) is 61.9 Å². The normalized spacial score (nSPS) is 14.4. The molecule has 0 bridgehead atoms. The monoisotopic (exact) mass is 459 g/mol. The molecule has 2 aromatic rings. The molecule has 0 spiro atoms. The number of benzene rings is 2. The summed E-state index contributed by atoms with van der Waals surface area (Å²) in [6.45, 7) is 16.9. The number of hydrogen-bond donors (Lipinski definition) is 1. The highest BCUT2D eigenvalue weighted by atomic mass is 16.5. The molecule has 3 rings (SSSR count). The smallest absolute Gasteiger partial charge is 0.306 e. The van der Waals surface area contributed by atoms with Crippen molar-refractivity contribution in [2.45, 2.75) is 70.8 Å². The van der Waals surface area contributed by atoms with Gasteiger partial charge in [-0.2, -0.15) is 0 Å². The maximum absolute atomic E-state index is 12.4. The van der Waals surface area contributed by atoms with Crippen LogP contribution < -0.4 is 5.73 Å². The molecule has 0 saturated heterocycles. The van der Waals surface area contributed by atoms with Crippen molar-refractivity contribution in [2.24, 2.45) is 5.73 Å². The van der Waals surface area contributed by atoms with Crippen molar-refractivity contribution in [3.8, 4) is 11.1 Å². The van der Waals surface area contributed by atoms with Crippen molar-refractivity contribution in [1.82, 2.24) is 0 Å². The number of ketones is 1. The minimum absolute atomic E-state index is 0.0129. The molecule has 0 amide bonds. The first kappa shape index (κ1) is 26.3. The number of Topliss-reactive ketones (excluding diaryl/α,β-unsaturated/α-hetero) is 1. The third kappa shape index (κ3) is 5.04. The summed E-state index contributed by atoms with van der Waals surface area (Å²) in [5.74, 6) is -0.322. The third-order valence-electron chi connectivity index (χ3n) is 6.56. The van der Waals surface area contributed by atoms with Gasteiger partial charge in [0.25, 0.3) is 14.4 Å². The predicted octanol–water partition coefficient (Wildman–Crippen LogP) is 3.79. The Bertz CT molecular complexity index is 1020. The first-order valence-corrected chi connectivity index (χ1v) is 11.9. The van der Waals surface area contributed by atoms with Crippen LogP contribution >= 0.6 is 0 Å². The molecule has 0 unspecified atom stereocenters. The van der Waals surface area contributed by atoms with Crippen molar-refractivity contribution in [3.05, 3.63) is 71.9 Å². The number of rotatable bonds is 11. The van der Waals surface area contributed by atoms with Crippen molar-refractivity contribution >= 4 is 27.7 Å². The molecular formula is C26H36B3NO4. The number of carbonyl (C=O) groups excluding carboxylic acids is 1. The molecule has 1 aliphatic carbocycles. The van der Waals surface area contributed by atoms with E-state index >= 15 is 0 Å². The second-order valence-corrected chi connectivity index (χ2v) is 10.6. The van der Waals surface area contributed by atoms with Gasteiger partial charge < -0.3 is 19.7 Å². The summed E-state index contributed by atoms with van der Waals surface area (Å²) in [4.78, 5) is 12.4. The molecule has 178 valence electrons. The second-order valence-electron chi connectivity index (χ2n) is 10.6. The number of fused-ring (bicyclic) bond motifs is 3. The molecule has 2 aromatic carbocycles. The molecule has 34 heavy (non-hydrogen) atoms. The summed E-state index contributed by atoms with van der Waals surface area (Å²) >= 11 is 0. The van der Waals surface area contributed by atoms with E-state index in [9.17, 15) is 4.79 Å². The maximum Gasteiger partial charge on any atom is 0.306 e. The Balaban J connectivity index is 1.95. The van der Waals surface area contributed by atoms with Crippen LogP contribution in [0.25, 0.3) is 11.1 Å². The molecule has 0 saturated carbocycles. The zero-order valence-electron chi connectivity index (χ0n) is 21.6. The van der Waals surface area contributed by atoms with E-state index < -0.39 is 16.3 Å². The highest BCUT2D eigenvalue weighted by Crippen LogP contribution is 2.50. The number of carbonyl (C=O) groups is 1. The summed E-state index contributed by atoms with van der Waals surface area (Å²) < 4.78 is 19.0. The van der Waals surface area contributed by atoms with Gasteiger partial charge in [0.15, 0.2) is 0 Å². The van der Waals surface area contributed by atoms with Gasteiger partial charge in [-0.15, -0.1) is 0 Å². The van der Waals surface area contributed by atoms with Crippen molar-refractivity contribution in [2.75, 3.05) is 0 Å². The predicted molar refractivity (Wildman–Crippen MR) is 143 cm³/mol. The second kappa shape index (κ2) is 9.77. The van der Waals surface area contributed by atoms with E-state index in [1.165, 1.54) is 22.3 Å². The van der Waals surface area contributed by atoms with E-state index in [1.807, 2.05) is 27.7 Å². The van der Waals surface area contributed by atoms with Crippen LogP contribution in [-0.4, -0.2) is 44.9 Å². The maximum atomic E-state index is 12.4. The summed E-state index contributed by atoms with van der Waals surface area (Å²) in [7, 11) is 0.710. The number of hydrogen-bond acceptors (Lipinski definition) is 5. The lowest BCUT2D eigenvalue weighted by Crippen LogP contribution is -2.54. The van der Waals surface area contributed by atoms with Gasteiger partial charge in [0.1, 0.15) is 5.60 Å². The van der Waals surface area contributed by atoms with Crippen molar-refractivity contribution in [3.63, 3.8) is 0 Å². The van der Waals surface area contributed by atoms with Gasteiger partial charge in [-0.05, 0) is 63.8 Å². The Morgan fingerprint density at radius 2 is 1.53 bits per heavy atom. The van der Waals surface area contributed by atoms with Gasteiger partial charge >= 0.3 is 7.48 Å². The first-order valence-electron chi connectivity index (χ1n) is 11.9. The SMILES string of the molecule is C=C(N)C(=O)C(C)(C)OBC(C)(C)OB(C)C1(BOC(C)C)c2ccccc2-c2ccccc21. The Hall–Kier alpha value is -2.28. The van der Waals surface area contributed by atoms with E-state index in [4.69, 9.17) is 19.7 Å². The lowest BCUT2D eigenvalue weighted by atomic mass is 9.32. The molecule has 0 aromatic heterocycles. The molecule has 0 fully saturated rings. The van der Waals surface area contributed by atoms with E-state index in [0.717, 1.165) is 0 Å². The van der Waals surface area contributed by atoms with E-state index in [-0.39, 0.29) is 32.0 Å². The zero-order chi connectivity index (χ0) is 25.3. The van der Waals surface area contributed by atoms with Gasteiger partial charge in [-0.3, -0.25) is 4.79 Å². The Labute approximate surface area is 206 Å². The van der Waals surface area contributed by atoms with Crippen molar-refractivity contribution < 1.29 is 18.8 Å². The lowest BCUT2D eigenvalue weighted by molar-refractivity contribution is -0.128. The Morgan fingerprint density at radius 1 is 1.03 bits per heavy atom. The molecule has 0 atom stereocenters. The minimum atomic E-state index is -1.08. The van der Waals surface area contributed by atoms with Crippen LogP contribution in [0.3, 0.4) is 0 Å². The molecule has 0 radical (unpaired) electrons. The largest absolute Gasteiger partial charge is 0.437 e. The average molecular weight is 459 g/mol. The Kier molecular flexibility index (Phi) is 7.56. The minimum Gasteiger partial charge on any atom is -0.437 e. The van der Waals surface area contributed by atoms with Crippen LogP contribution in [0.5, 0.6) is 0 Å². The first-order chi connectivity index (χ1) is 15.8. The van der Waals surface area contributed by atoms with Crippen LogP contribution in [0.4, 0.5) is 0 Å². The molecule has 0 aliphatic heterocycles. The molecule has 2 N–H and O–H groups in total. The van der Waals surface area contributed by atoms with E-state index in [0.29, 0.717) is 7.48 Å². The summed E-state index contributed by atoms with van der Waals surface area (Å²) in [6, 6.07) is 17.0. The number of nitrogens with two attached hydrogens (primary N) is 1. The fourth-order valence-corrected chi connectivity index (χ4v) is 4.79. The van der Waals surface area contributed by atoms with Crippen LogP contribution in [0.15, 0.2) is 60.8 Å². The molecule has 5 nitrogen and oxygen atoms in total. The summed E-state index contributed by atoms with van der Waals surface area (Å²) in [6.07, 6.45) is 0.0801.